The van der Waals surface area contributed by atoms with E-state index in [-0.39, 0.29) is 28.4 Å². The summed E-state index contributed by atoms with van der Waals surface area (Å²) in [4.78, 5) is 23.7. The molecule has 1 aliphatic heterocycles. The van der Waals surface area contributed by atoms with Gasteiger partial charge in [-0.25, -0.2) is 4.79 Å². The number of hydrogen-bond donors (Lipinski definition) is 2. The second kappa shape index (κ2) is 6.36. The number of carbonyl (C=O) groups excluding carboxylic acids is 1. The number of hydrogen-bond acceptors (Lipinski definition) is 4. The summed E-state index contributed by atoms with van der Waals surface area (Å²) in [5, 5.41) is 18.4. The molecule has 136 valence electrons. The van der Waals surface area contributed by atoms with Crippen molar-refractivity contribution >= 4 is 17.8 Å². The third kappa shape index (κ3) is 3.35. The van der Waals surface area contributed by atoms with Crippen LogP contribution in [0.4, 0.5) is 13.2 Å². The number of fused-ring (bicyclic) bond motifs is 1. The number of rotatable bonds is 3. The summed E-state index contributed by atoms with van der Waals surface area (Å²) in [7, 11) is 0. The monoisotopic (exact) mass is 366 g/mol. The van der Waals surface area contributed by atoms with Crippen molar-refractivity contribution < 1.29 is 37.7 Å². The minimum atomic E-state index is -4.88. The molecule has 0 amide bonds. The van der Waals surface area contributed by atoms with Gasteiger partial charge in [-0.1, -0.05) is 6.08 Å². The Kier molecular flexibility index (Phi) is 4.35. The van der Waals surface area contributed by atoms with Gasteiger partial charge >= 0.3 is 12.1 Å². The molecule has 0 saturated heterocycles. The minimum Gasteiger partial charge on any atom is -0.508 e. The normalized spacial score (nSPS) is 22.0. The molecule has 2 unspecified atom stereocenters. The van der Waals surface area contributed by atoms with Gasteiger partial charge in [-0.3, -0.25) is 4.79 Å². The lowest BCUT2D eigenvalue weighted by Gasteiger charge is -2.27. The zero-order valence-corrected chi connectivity index (χ0v) is 13.2. The lowest BCUT2D eigenvalue weighted by atomic mass is 9.90. The van der Waals surface area contributed by atoms with E-state index < -0.39 is 29.7 Å². The molecule has 1 aromatic rings. The number of benzene rings is 1. The maximum absolute atomic E-state index is 13.0. The smallest absolute Gasteiger partial charge is 0.430 e. The average Bonchev–Trinajstić information content (AvgIpc) is 2.59. The fourth-order valence-electron chi connectivity index (χ4n) is 2.79. The van der Waals surface area contributed by atoms with Gasteiger partial charge in [0.25, 0.3) is 0 Å². The maximum Gasteiger partial charge on any atom is 0.430 e. The van der Waals surface area contributed by atoms with Gasteiger partial charge in [-0.2, -0.15) is 13.2 Å². The maximum atomic E-state index is 13.0. The van der Waals surface area contributed by atoms with Crippen LogP contribution in [0, 0.1) is 5.92 Å². The van der Waals surface area contributed by atoms with E-state index in [1.54, 1.807) is 0 Å². The molecule has 0 fully saturated rings. The third-order valence-corrected chi connectivity index (χ3v) is 4.09. The fraction of sp³-hybridized carbons (Fsp3) is 0.222. The van der Waals surface area contributed by atoms with Crippen molar-refractivity contribution in [3.05, 3.63) is 58.9 Å². The second-order valence-electron chi connectivity index (χ2n) is 5.89. The van der Waals surface area contributed by atoms with Crippen molar-refractivity contribution in [3.63, 3.8) is 0 Å². The summed E-state index contributed by atoms with van der Waals surface area (Å²) in [5.74, 6) is -2.65. The average molecular weight is 366 g/mol. The van der Waals surface area contributed by atoms with Crippen LogP contribution in [-0.4, -0.2) is 34.2 Å². The number of carbonyl (C=O) groups is 2. The summed E-state index contributed by atoms with van der Waals surface area (Å²) in [6, 6.07) is 3.86. The summed E-state index contributed by atoms with van der Waals surface area (Å²) in [6.07, 6.45) is -1.86. The standard InChI is InChI=1S/C18H13F3O5/c19-18(20,21)16-13(17(24)25)8-11-7-10(3-6-14(11)26-16)15(23)9-1-4-12(22)5-2-9/h1,3-9,16,22H,2H2,(H,24,25). The van der Waals surface area contributed by atoms with Crippen LogP contribution in [0.2, 0.25) is 0 Å². The van der Waals surface area contributed by atoms with Gasteiger partial charge in [0.2, 0.25) is 6.10 Å². The molecule has 8 heteroatoms. The summed E-state index contributed by atoms with van der Waals surface area (Å²) < 4.78 is 43.9. The van der Waals surface area contributed by atoms with E-state index in [0.717, 1.165) is 6.08 Å². The molecule has 1 aliphatic carbocycles. The SMILES string of the molecule is O=C(O)C1=Cc2cc(C(=O)C3C=CC(O)=CC3)ccc2OC1C(F)(F)F. The van der Waals surface area contributed by atoms with Crippen LogP contribution in [0.25, 0.3) is 6.08 Å². The molecule has 5 nitrogen and oxygen atoms in total. The van der Waals surface area contributed by atoms with E-state index in [0.29, 0.717) is 6.42 Å². The van der Waals surface area contributed by atoms with Crippen molar-refractivity contribution in [2.24, 2.45) is 5.92 Å². The topological polar surface area (TPSA) is 83.8 Å². The molecular formula is C18H13F3O5. The molecule has 0 saturated carbocycles. The van der Waals surface area contributed by atoms with Crippen molar-refractivity contribution in [3.8, 4) is 5.75 Å². The number of ether oxygens (including phenoxy) is 1. The molecule has 3 rings (SSSR count). The molecule has 0 spiro atoms. The number of aliphatic hydroxyl groups excluding tert-OH is 1. The number of alkyl halides is 3. The fourth-order valence-corrected chi connectivity index (χ4v) is 2.79. The molecular weight excluding hydrogens is 353 g/mol. The van der Waals surface area contributed by atoms with E-state index in [2.05, 4.69) is 0 Å². The van der Waals surface area contributed by atoms with E-state index in [9.17, 15) is 27.9 Å². The van der Waals surface area contributed by atoms with Gasteiger partial charge in [0.05, 0.1) is 5.57 Å². The Morgan fingerprint density at radius 3 is 2.54 bits per heavy atom. The Bertz CT molecular complexity index is 864. The summed E-state index contributed by atoms with van der Waals surface area (Å²) >= 11 is 0. The number of aliphatic hydroxyl groups is 1. The number of carboxylic acid groups (broad SMARTS) is 1. The van der Waals surface area contributed by atoms with E-state index in [1.807, 2.05) is 0 Å². The molecule has 2 atom stereocenters. The highest BCUT2D eigenvalue weighted by atomic mass is 19.4. The first-order valence-corrected chi connectivity index (χ1v) is 7.60. The highest BCUT2D eigenvalue weighted by Crippen LogP contribution is 2.38. The molecule has 0 bridgehead atoms. The Morgan fingerprint density at radius 2 is 1.96 bits per heavy atom. The Balaban J connectivity index is 1.94. The van der Waals surface area contributed by atoms with Gasteiger partial charge in [0.1, 0.15) is 11.5 Å². The zero-order valence-electron chi connectivity index (χ0n) is 13.2. The third-order valence-electron chi connectivity index (χ3n) is 4.09. The summed E-state index contributed by atoms with van der Waals surface area (Å²) in [5.41, 5.74) is -0.643. The van der Waals surface area contributed by atoms with Crippen molar-refractivity contribution in [1.82, 2.24) is 0 Å². The first-order chi connectivity index (χ1) is 12.2. The van der Waals surface area contributed by atoms with E-state index >= 15 is 0 Å². The Hall–Kier alpha value is -3.03. The molecule has 1 aromatic carbocycles. The van der Waals surface area contributed by atoms with Crippen LogP contribution in [0.3, 0.4) is 0 Å². The molecule has 2 N–H and O–H groups in total. The molecule has 0 aromatic heterocycles. The Morgan fingerprint density at radius 1 is 1.23 bits per heavy atom. The van der Waals surface area contributed by atoms with Gasteiger partial charge in [-0.05, 0) is 42.8 Å². The molecule has 0 radical (unpaired) electrons. The van der Waals surface area contributed by atoms with Crippen LogP contribution in [-0.2, 0) is 4.79 Å². The van der Waals surface area contributed by atoms with Crippen LogP contribution in [0.15, 0.2) is 47.8 Å². The molecule has 2 aliphatic rings. The van der Waals surface area contributed by atoms with Crippen LogP contribution >= 0.6 is 0 Å². The minimum absolute atomic E-state index is 0.0557. The van der Waals surface area contributed by atoms with Gasteiger partial charge < -0.3 is 14.9 Å². The van der Waals surface area contributed by atoms with Crippen LogP contribution in [0.1, 0.15) is 22.3 Å². The van der Waals surface area contributed by atoms with Gasteiger partial charge in [0, 0.05) is 17.0 Å². The highest BCUT2D eigenvalue weighted by molar-refractivity contribution is 6.01. The van der Waals surface area contributed by atoms with Crippen molar-refractivity contribution in [2.75, 3.05) is 0 Å². The number of carboxylic acids is 1. The number of ketones is 1. The largest absolute Gasteiger partial charge is 0.508 e. The first kappa shape index (κ1) is 17.8. The van der Waals surface area contributed by atoms with Crippen molar-refractivity contribution in [1.29, 1.82) is 0 Å². The number of allylic oxidation sites excluding steroid dienone is 3. The number of aliphatic carboxylic acids is 1. The zero-order chi connectivity index (χ0) is 19.1. The predicted molar refractivity (Wildman–Crippen MR) is 84.8 cm³/mol. The quantitative estimate of drug-likeness (QED) is 0.798. The van der Waals surface area contributed by atoms with Gasteiger partial charge in [0.15, 0.2) is 5.78 Å². The van der Waals surface area contributed by atoms with Crippen LogP contribution in [0.5, 0.6) is 5.75 Å². The van der Waals surface area contributed by atoms with E-state index in [1.165, 1.54) is 36.4 Å². The highest BCUT2D eigenvalue weighted by Gasteiger charge is 2.48. The first-order valence-electron chi connectivity index (χ1n) is 7.60. The second-order valence-corrected chi connectivity index (χ2v) is 5.89. The molecule has 26 heavy (non-hydrogen) atoms. The lowest BCUT2D eigenvalue weighted by Crippen LogP contribution is -2.40. The van der Waals surface area contributed by atoms with Gasteiger partial charge in [-0.15, -0.1) is 0 Å². The number of Topliss-reactive ketones (excluding diaryl/α,β-unsaturated/α-hetero) is 1. The predicted octanol–water partition coefficient (Wildman–Crippen LogP) is 3.68. The molecule has 1 heterocycles. The van der Waals surface area contributed by atoms with Crippen LogP contribution < -0.4 is 4.74 Å². The Labute approximate surface area is 145 Å². The lowest BCUT2D eigenvalue weighted by molar-refractivity contribution is -0.187. The number of halogens is 3. The summed E-state index contributed by atoms with van der Waals surface area (Å²) in [6.45, 7) is 0. The van der Waals surface area contributed by atoms with E-state index in [4.69, 9.17) is 9.84 Å². The van der Waals surface area contributed by atoms with Crippen molar-refractivity contribution in [2.45, 2.75) is 18.7 Å².